The van der Waals surface area contributed by atoms with Crippen LogP contribution < -0.4 is 0 Å². The maximum Gasteiger partial charge on any atom is 0.121 e. The third-order valence-corrected chi connectivity index (χ3v) is 3.73. The van der Waals surface area contributed by atoms with E-state index in [2.05, 4.69) is 13.5 Å². The highest BCUT2D eigenvalue weighted by Gasteiger charge is 2.02. The predicted octanol–water partition coefficient (Wildman–Crippen LogP) is 5.55. The van der Waals surface area contributed by atoms with Gasteiger partial charge >= 0.3 is 0 Å². The van der Waals surface area contributed by atoms with Crippen molar-refractivity contribution in [2.24, 2.45) is 0 Å². The summed E-state index contributed by atoms with van der Waals surface area (Å²) >= 11 is 0. The van der Waals surface area contributed by atoms with Crippen LogP contribution in [-0.4, -0.2) is 10.2 Å². The van der Waals surface area contributed by atoms with Gasteiger partial charge in [-0.3, -0.25) is 0 Å². The fourth-order valence-corrected chi connectivity index (χ4v) is 2.33. The Labute approximate surface area is 140 Å². The van der Waals surface area contributed by atoms with Gasteiger partial charge in [0.2, 0.25) is 0 Å². The molecule has 2 heteroatoms. The predicted molar refractivity (Wildman–Crippen MR) is 98.1 cm³/mol. The van der Waals surface area contributed by atoms with Gasteiger partial charge in [0.1, 0.15) is 11.5 Å². The minimum absolute atomic E-state index is 0.349. The molecule has 124 valence electrons. The van der Waals surface area contributed by atoms with E-state index in [9.17, 15) is 10.2 Å². The van der Waals surface area contributed by atoms with E-state index in [1.54, 1.807) is 12.1 Å². The number of aromatic hydroxyl groups is 2. The molecule has 0 aliphatic heterocycles. The first kappa shape index (κ1) is 18.8. The van der Waals surface area contributed by atoms with Crippen LogP contribution >= 0.6 is 0 Å². The number of phenolic OH excluding ortho intramolecular Hbond substituents is 2. The maximum absolute atomic E-state index is 9.70. The molecule has 0 atom stereocenters. The Morgan fingerprint density at radius 3 is 2.30 bits per heavy atom. The third-order valence-electron chi connectivity index (χ3n) is 3.73. The number of rotatable bonds is 6. The van der Waals surface area contributed by atoms with Crippen LogP contribution in [0, 0.1) is 6.92 Å². The third kappa shape index (κ3) is 6.60. The monoisotopic (exact) mass is 312 g/mol. The minimum atomic E-state index is 0.349. The Morgan fingerprint density at radius 1 is 0.957 bits per heavy atom. The van der Waals surface area contributed by atoms with Crippen LogP contribution in [0.15, 0.2) is 55.1 Å². The molecule has 2 nitrogen and oxygen atoms in total. The van der Waals surface area contributed by atoms with Gasteiger partial charge < -0.3 is 10.2 Å². The van der Waals surface area contributed by atoms with E-state index >= 15 is 0 Å². The van der Waals surface area contributed by atoms with E-state index in [4.69, 9.17) is 0 Å². The van der Waals surface area contributed by atoms with Crippen LogP contribution in [0.2, 0.25) is 0 Å². The van der Waals surface area contributed by atoms with Crippen molar-refractivity contribution >= 4 is 0 Å². The number of phenols is 2. The first-order chi connectivity index (χ1) is 11.1. The summed E-state index contributed by atoms with van der Waals surface area (Å²) in [6.07, 6.45) is 7.15. The highest BCUT2D eigenvalue weighted by molar-refractivity contribution is 5.39. The normalized spacial score (nSPS) is 9.83. The lowest BCUT2D eigenvalue weighted by molar-refractivity contribution is 0.462. The number of benzene rings is 2. The second-order valence-electron chi connectivity index (χ2n) is 5.66. The van der Waals surface area contributed by atoms with Crippen molar-refractivity contribution in [3.05, 3.63) is 71.8 Å². The van der Waals surface area contributed by atoms with Crippen molar-refractivity contribution in [1.29, 1.82) is 0 Å². The van der Waals surface area contributed by atoms with Crippen molar-refractivity contribution < 1.29 is 10.2 Å². The Bertz CT molecular complexity index is 603. The summed E-state index contributed by atoms with van der Waals surface area (Å²) in [4.78, 5) is 0. The van der Waals surface area contributed by atoms with Crippen molar-refractivity contribution in [2.45, 2.75) is 46.0 Å². The summed E-state index contributed by atoms with van der Waals surface area (Å²) < 4.78 is 0. The number of unbranched alkanes of at least 4 members (excludes halogenated alkanes) is 2. The zero-order valence-corrected chi connectivity index (χ0v) is 14.3. The molecule has 23 heavy (non-hydrogen) atoms. The van der Waals surface area contributed by atoms with Gasteiger partial charge in [-0.2, -0.15) is 0 Å². The number of para-hydroxylation sites is 2. The van der Waals surface area contributed by atoms with Crippen LogP contribution in [0.1, 0.15) is 42.9 Å². The van der Waals surface area contributed by atoms with Gasteiger partial charge in [-0.05, 0) is 48.9 Å². The number of aryl methyl sites for hydroxylation is 2. The molecule has 0 bridgehead atoms. The first-order valence-electron chi connectivity index (χ1n) is 8.25. The molecule has 0 aliphatic carbocycles. The van der Waals surface area contributed by atoms with E-state index in [1.807, 2.05) is 43.3 Å². The summed E-state index contributed by atoms with van der Waals surface area (Å²) in [5.41, 5.74) is 3.00. The zero-order valence-electron chi connectivity index (χ0n) is 14.3. The van der Waals surface area contributed by atoms with Gasteiger partial charge in [-0.15, -0.1) is 6.58 Å². The lowest BCUT2D eigenvalue weighted by atomic mass is 10.0. The fourth-order valence-electron chi connectivity index (χ4n) is 2.33. The van der Waals surface area contributed by atoms with Gasteiger partial charge in [0.05, 0.1) is 0 Å². The van der Waals surface area contributed by atoms with Gasteiger partial charge in [0, 0.05) is 0 Å². The van der Waals surface area contributed by atoms with E-state index in [0.717, 1.165) is 29.5 Å². The summed E-state index contributed by atoms with van der Waals surface area (Å²) in [6, 6.07) is 13.2. The lowest BCUT2D eigenvalue weighted by Gasteiger charge is -2.05. The summed E-state index contributed by atoms with van der Waals surface area (Å²) in [5, 5.41) is 18.9. The van der Waals surface area contributed by atoms with Crippen LogP contribution in [0.3, 0.4) is 0 Å². The fraction of sp³-hybridized carbons (Fsp3) is 0.333. The van der Waals surface area contributed by atoms with Crippen molar-refractivity contribution in [3.63, 3.8) is 0 Å². The zero-order chi connectivity index (χ0) is 17.1. The molecule has 0 unspecified atom stereocenters. The van der Waals surface area contributed by atoms with Crippen molar-refractivity contribution in [1.82, 2.24) is 0 Å². The average Bonchev–Trinajstić information content (AvgIpc) is 2.55. The van der Waals surface area contributed by atoms with Crippen LogP contribution in [0.25, 0.3) is 0 Å². The lowest BCUT2D eigenvalue weighted by Crippen LogP contribution is -1.88. The second kappa shape index (κ2) is 10.5. The number of hydrogen-bond acceptors (Lipinski definition) is 2. The summed E-state index contributed by atoms with van der Waals surface area (Å²) in [7, 11) is 0. The molecule has 2 rings (SSSR count). The standard InChI is InChI=1S/C12H18O.C9H10O/c1-3-4-5-8-11-9-6-7-10(2)12(11)13;1-2-5-8-6-3-4-7-9(8)10/h6-7,9,13H,3-5,8H2,1-2H3;2-4,6-7,10H,1,5H2. The highest BCUT2D eigenvalue weighted by atomic mass is 16.3. The quantitative estimate of drug-likeness (QED) is 0.542. The van der Waals surface area contributed by atoms with E-state index in [1.165, 1.54) is 19.3 Å². The Hall–Kier alpha value is -2.22. The van der Waals surface area contributed by atoms with Crippen molar-refractivity contribution in [3.8, 4) is 11.5 Å². The molecule has 0 saturated carbocycles. The van der Waals surface area contributed by atoms with Gasteiger partial charge in [-0.1, -0.05) is 62.2 Å². The molecule has 0 amide bonds. The molecule has 0 spiro atoms. The van der Waals surface area contributed by atoms with Crippen LogP contribution in [0.4, 0.5) is 0 Å². The molecule has 2 aromatic carbocycles. The molecular formula is C21H28O2. The summed E-state index contributed by atoms with van der Waals surface area (Å²) in [5.74, 6) is 0.834. The Kier molecular flexibility index (Phi) is 8.59. The smallest absolute Gasteiger partial charge is 0.121 e. The topological polar surface area (TPSA) is 40.5 Å². The molecule has 2 N–H and O–H groups in total. The molecule has 0 fully saturated rings. The van der Waals surface area contributed by atoms with E-state index in [0.29, 0.717) is 11.5 Å². The average molecular weight is 312 g/mol. The molecular weight excluding hydrogens is 284 g/mol. The first-order valence-corrected chi connectivity index (χ1v) is 8.25. The molecule has 0 aromatic heterocycles. The van der Waals surface area contributed by atoms with Crippen LogP contribution in [-0.2, 0) is 12.8 Å². The molecule has 0 heterocycles. The maximum atomic E-state index is 9.70. The molecule has 0 aliphatic rings. The Balaban J connectivity index is 0.000000238. The molecule has 2 aromatic rings. The highest BCUT2D eigenvalue weighted by Crippen LogP contribution is 2.23. The van der Waals surface area contributed by atoms with Gasteiger partial charge in [0.25, 0.3) is 0 Å². The second-order valence-corrected chi connectivity index (χ2v) is 5.66. The number of hydrogen-bond donors (Lipinski definition) is 2. The van der Waals surface area contributed by atoms with E-state index in [-0.39, 0.29) is 0 Å². The van der Waals surface area contributed by atoms with E-state index < -0.39 is 0 Å². The summed E-state index contributed by atoms with van der Waals surface area (Å²) in [6.45, 7) is 7.72. The Morgan fingerprint density at radius 2 is 1.65 bits per heavy atom. The molecule has 0 saturated heterocycles. The van der Waals surface area contributed by atoms with Gasteiger partial charge in [-0.25, -0.2) is 0 Å². The SMILES string of the molecule is C=CCc1ccccc1O.CCCCCc1cccc(C)c1O. The minimum Gasteiger partial charge on any atom is -0.508 e. The number of allylic oxidation sites excluding steroid dienone is 1. The van der Waals surface area contributed by atoms with Gasteiger partial charge in [0.15, 0.2) is 0 Å². The molecule has 0 radical (unpaired) electrons. The largest absolute Gasteiger partial charge is 0.508 e. The van der Waals surface area contributed by atoms with Crippen molar-refractivity contribution in [2.75, 3.05) is 0 Å². The van der Waals surface area contributed by atoms with Crippen LogP contribution in [0.5, 0.6) is 11.5 Å².